The van der Waals surface area contributed by atoms with Crippen molar-refractivity contribution in [1.29, 1.82) is 0 Å². The molecule has 1 unspecified atom stereocenters. The molecule has 1 aliphatic heterocycles. The summed E-state index contributed by atoms with van der Waals surface area (Å²) >= 11 is 12.1. The number of halogens is 2. The van der Waals surface area contributed by atoms with Crippen LogP contribution >= 0.6 is 23.2 Å². The summed E-state index contributed by atoms with van der Waals surface area (Å²) in [6, 6.07) is 19.5. The van der Waals surface area contributed by atoms with Gasteiger partial charge < -0.3 is 10.1 Å². The van der Waals surface area contributed by atoms with E-state index in [-0.39, 0.29) is 33.6 Å². The van der Waals surface area contributed by atoms with Crippen molar-refractivity contribution in [2.24, 2.45) is 0 Å². The Morgan fingerprint density at radius 2 is 1.60 bits per heavy atom. The van der Waals surface area contributed by atoms with Gasteiger partial charge in [-0.3, -0.25) is 9.59 Å². The molecule has 0 saturated carbocycles. The SMILES string of the molecule is O=C(COC(=O)CC1c2ccccc2CCN1S(=O)(=O)c1ccccc1)Nc1c(Cl)cccc1Cl. The lowest BCUT2D eigenvalue weighted by molar-refractivity contribution is -0.148. The minimum Gasteiger partial charge on any atom is -0.456 e. The molecule has 1 N–H and O–H groups in total. The van der Waals surface area contributed by atoms with E-state index in [1.165, 1.54) is 16.4 Å². The molecule has 3 aromatic carbocycles. The Morgan fingerprint density at radius 1 is 0.943 bits per heavy atom. The van der Waals surface area contributed by atoms with Gasteiger partial charge in [-0.2, -0.15) is 4.31 Å². The lowest BCUT2D eigenvalue weighted by atomic mass is 9.92. The Bertz CT molecular complexity index is 1330. The summed E-state index contributed by atoms with van der Waals surface area (Å²) in [6.45, 7) is -0.349. The number of fused-ring (bicyclic) bond motifs is 1. The van der Waals surface area contributed by atoms with E-state index in [1.807, 2.05) is 18.2 Å². The number of hydrogen-bond donors (Lipinski definition) is 1. The fraction of sp³-hybridized carbons (Fsp3) is 0.200. The van der Waals surface area contributed by atoms with Crippen LogP contribution in [-0.4, -0.2) is 37.8 Å². The van der Waals surface area contributed by atoms with Crippen molar-refractivity contribution in [2.45, 2.75) is 23.8 Å². The second-order valence-corrected chi connectivity index (χ2v) is 10.6. The van der Waals surface area contributed by atoms with Crippen LogP contribution in [0.5, 0.6) is 0 Å². The number of carbonyl (C=O) groups excluding carboxylic acids is 2. The van der Waals surface area contributed by atoms with Gasteiger partial charge in [-0.15, -0.1) is 0 Å². The predicted molar refractivity (Wildman–Crippen MR) is 134 cm³/mol. The van der Waals surface area contributed by atoms with Gasteiger partial charge in [-0.05, 0) is 41.8 Å². The van der Waals surface area contributed by atoms with Crippen LogP contribution in [0.1, 0.15) is 23.6 Å². The molecule has 0 bridgehead atoms. The van der Waals surface area contributed by atoms with Crippen molar-refractivity contribution in [1.82, 2.24) is 4.31 Å². The van der Waals surface area contributed by atoms with E-state index in [4.69, 9.17) is 27.9 Å². The minimum absolute atomic E-state index is 0.147. The monoisotopic (exact) mass is 532 g/mol. The van der Waals surface area contributed by atoms with E-state index in [0.717, 1.165) is 11.1 Å². The lowest BCUT2D eigenvalue weighted by Crippen LogP contribution is -2.41. The van der Waals surface area contributed by atoms with Gasteiger partial charge in [0.15, 0.2) is 6.61 Å². The molecule has 0 saturated heterocycles. The third-order valence-corrected chi connectivity index (χ3v) is 8.22. The highest BCUT2D eigenvalue weighted by Gasteiger charge is 2.37. The van der Waals surface area contributed by atoms with Crippen LogP contribution in [0.4, 0.5) is 5.69 Å². The van der Waals surface area contributed by atoms with Gasteiger partial charge in [0.05, 0.1) is 33.1 Å². The Hall–Kier alpha value is -2.91. The number of hydrogen-bond acceptors (Lipinski definition) is 5. The standard InChI is InChI=1S/C25H22Cl2N2O5S/c26-20-11-6-12-21(27)25(20)28-23(30)16-34-24(31)15-22-19-10-5-4-7-17(19)13-14-29(22)35(32,33)18-8-2-1-3-9-18/h1-12,22H,13-16H2,(H,28,30). The maximum absolute atomic E-state index is 13.4. The van der Waals surface area contributed by atoms with Crippen LogP contribution in [0.25, 0.3) is 0 Å². The van der Waals surface area contributed by atoms with Crippen LogP contribution in [0.3, 0.4) is 0 Å². The maximum Gasteiger partial charge on any atom is 0.308 e. The number of anilines is 1. The van der Waals surface area contributed by atoms with Crippen LogP contribution in [-0.2, 0) is 30.8 Å². The van der Waals surface area contributed by atoms with Gasteiger partial charge in [-0.1, -0.05) is 71.7 Å². The highest BCUT2D eigenvalue weighted by molar-refractivity contribution is 7.89. The van der Waals surface area contributed by atoms with Gasteiger partial charge in [0, 0.05) is 6.54 Å². The zero-order chi connectivity index (χ0) is 25.0. The molecule has 7 nitrogen and oxygen atoms in total. The first-order valence-corrected chi connectivity index (χ1v) is 13.0. The smallest absolute Gasteiger partial charge is 0.308 e. The fourth-order valence-corrected chi connectivity index (χ4v) is 6.13. The van der Waals surface area contributed by atoms with Crippen molar-refractivity contribution in [3.8, 4) is 0 Å². The fourth-order valence-electron chi connectivity index (χ4n) is 4.01. The number of esters is 1. The third kappa shape index (κ3) is 5.67. The summed E-state index contributed by atoms with van der Waals surface area (Å²) in [5.74, 6) is -1.33. The van der Waals surface area contributed by atoms with Gasteiger partial charge >= 0.3 is 5.97 Å². The van der Waals surface area contributed by atoms with E-state index < -0.39 is 34.5 Å². The first-order chi connectivity index (χ1) is 16.8. The number of nitrogens with one attached hydrogen (secondary N) is 1. The number of benzene rings is 3. The van der Waals surface area contributed by atoms with Crippen molar-refractivity contribution < 1.29 is 22.7 Å². The second kappa shape index (κ2) is 10.8. The highest BCUT2D eigenvalue weighted by atomic mass is 35.5. The molecule has 0 fully saturated rings. The molecule has 0 spiro atoms. The number of nitrogens with zero attached hydrogens (tertiary/aromatic N) is 1. The molecule has 35 heavy (non-hydrogen) atoms. The molecule has 4 rings (SSSR count). The van der Waals surface area contributed by atoms with Crippen molar-refractivity contribution >= 4 is 50.8 Å². The third-order valence-electron chi connectivity index (χ3n) is 5.66. The molecule has 10 heteroatoms. The molecule has 1 atom stereocenters. The molecular formula is C25H22Cl2N2O5S. The largest absolute Gasteiger partial charge is 0.456 e. The summed E-state index contributed by atoms with van der Waals surface area (Å²) < 4.78 is 33.3. The molecule has 3 aromatic rings. The first-order valence-electron chi connectivity index (χ1n) is 10.8. The number of carbonyl (C=O) groups is 2. The van der Waals surface area contributed by atoms with Crippen molar-refractivity contribution in [3.05, 3.63) is 94.0 Å². The number of ether oxygens (including phenoxy) is 1. The number of rotatable bonds is 7. The summed E-state index contributed by atoms with van der Waals surface area (Å²) in [5.41, 5.74) is 1.93. The number of sulfonamides is 1. The predicted octanol–water partition coefficient (Wildman–Crippen LogP) is 4.85. The van der Waals surface area contributed by atoms with E-state index in [1.54, 1.807) is 42.5 Å². The number of para-hydroxylation sites is 1. The van der Waals surface area contributed by atoms with E-state index >= 15 is 0 Å². The first kappa shape index (κ1) is 25.2. The topological polar surface area (TPSA) is 92.8 Å². The molecule has 0 aliphatic carbocycles. The van der Waals surface area contributed by atoms with Gasteiger partial charge in [0.2, 0.25) is 10.0 Å². The van der Waals surface area contributed by atoms with E-state index in [9.17, 15) is 18.0 Å². The zero-order valence-electron chi connectivity index (χ0n) is 18.5. The quantitative estimate of drug-likeness (QED) is 0.439. The Labute approximate surface area is 213 Å². The average molecular weight is 533 g/mol. The van der Waals surface area contributed by atoms with Crippen molar-refractivity contribution in [2.75, 3.05) is 18.5 Å². The molecule has 1 amide bonds. The Balaban J connectivity index is 1.50. The van der Waals surface area contributed by atoms with Crippen LogP contribution < -0.4 is 5.32 Å². The van der Waals surface area contributed by atoms with Gasteiger partial charge in [0.25, 0.3) is 5.91 Å². The highest BCUT2D eigenvalue weighted by Crippen LogP contribution is 2.36. The molecule has 1 aliphatic rings. The molecule has 0 radical (unpaired) electrons. The number of amides is 1. The van der Waals surface area contributed by atoms with Crippen LogP contribution in [0, 0.1) is 0 Å². The molecule has 1 heterocycles. The van der Waals surface area contributed by atoms with Gasteiger partial charge in [0.1, 0.15) is 0 Å². The average Bonchev–Trinajstić information content (AvgIpc) is 2.85. The van der Waals surface area contributed by atoms with Crippen molar-refractivity contribution in [3.63, 3.8) is 0 Å². The zero-order valence-corrected chi connectivity index (χ0v) is 20.8. The molecule has 0 aromatic heterocycles. The molecular weight excluding hydrogens is 511 g/mol. The van der Waals surface area contributed by atoms with E-state index in [2.05, 4.69) is 5.32 Å². The summed E-state index contributed by atoms with van der Waals surface area (Å²) in [5, 5.41) is 3.02. The van der Waals surface area contributed by atoms with E-state index in [0.29, 0.717) is 6.42 Å². The van der Waals surface area contributed by atoms with Crippen LogP contribution in [0.15, 0.2) is 77.7 Å². The van der Waals surface area contributed by atoms with Gasteiger partial charge in [-0.25, -0.2) is 8.42 Å². The summed E-state index contributed by atoms with van der Waals surface area (Å²) in [4.78, 5) is 25.2. The Morgan fingerprint density at radius 3 is 2.31 bits per heavy atom. The minimum atomic E-state index is -3.86. The summed E-state index contributed by atoms with van der Waals surface area (Å²) in [6.07, 6.45) is 0.276. The molecule has 182 valence electrons. The second-order valence-electron chi connectivity index (χ2n) is 7.90. The Kier molecular flexibility index (Phi) is 7.76. The lowest BCUT2D eigenvalue weighted by Gasteiger charge is -2.36. The normalized spacial score (nSPS) is 15.8. The van der Waals surface area contributed by atoms with Crippen LogP contribution in [0.2, 0.25) is 10.0 Å². The maximum atomic E-state index is 13.4. The summed E-state index contributed by atoms with van der Waals surface area (Å²) in [7, 11) is -3.86.